The van der Waals surface area contributed by atoms with E-state index in [-0.39, 0.29) is 5.92 Å². The maximum absolute atomic E-state index is 12.1. The van der Waals surface area contributed by atoms with Gasteiger partial charge in [-0.15, -0.1) is 0 Å². The number of nitrogens with zero attached hydrogens (tertiary/aromatic N) is 1. The summed E-state index contributed by atoms with van der Waals surface area (Å²) in [6.07, 6.45) is 1.68. The monoisotopic (exact) mass is 402 g/mol. The fourth-order valence-corrected chi connectivity index (χ4v) is 3.68. The Labute approximate surface area is 174 Å². The summed E-state index contributed by atoms with van der Waals surface area (Å²) in [6.45, 7) is 0.707. The standard InChI is InChI=1S/C24H19ClN2O2/c25-23-17(9-7-15-26-23)8-5-6-14-27-24(28)29-16-22-20-12-3-1-10-18(20)19-11-2-4-13-21(19)22/h1-4,7,9-13,15,22H,6,14,16H2,(H,27,28). The maximum atomic E-state index is 12.1. The predicted octanol–water partition coefficient (Wildman–Crippen LogP) is 5.02. The van der Waals surface area contributed by atoms with Gasteiger partial charge in [0.15, 0.2) is 0 Å². The highest BCUT2D eigenvalue weighted by molar-refractivity contribution is 6.30. The minimum Gasteiger partial charge on any atom is -0.449 e. The smallest absolute Gasteiger partial charge is 0.407 e. The van der Waals surface area contributed by atoms with Crippen LogP contribution in [0.15, 0.2) is 66.9 Å². The van der Waals surface area contributed by atoms with E-state index in [0.717, 1.165) is 0 Å². The second-order valence-corrected chi connectivity index (χ2v) is 7.00. The largest absolute Gasteiger partial charge is 0.449 e. The molecule has 5 heteroatoms. The second-order valence-electron chi connectivity index (χ2n) is 6.65. The Morgan fingerprint density at radius 3 is 2.41 bits per heavy atom. The summed E-state index contributed by atoms with van der Waals surface area (Å²) in [7, 11) is 0. The number of carbonyl (C=O) groups is 1. The molecule has 0 saturated heterocycles. The molecule has 1 heterocycles. The highest BCUT2D eigenvalue weighted by atomic mass is 35.5. The number of rotatable bonds is 4. The van der Waals surface area contributed by atoms with Gasteiger partial charge in [0, 0.05) is 25.1 Å². The van der Waals surface area contributed by atoms with E-state index < -0.39 is 6.09 Å². The van der Waals surface area contributed by atoms with E-state index in [1.807, 2.05) is 24.3 Å². The molecule has 0 atom stereocenters. The fourth-order valence-electron chi connectivity index (χ4n) is 3.51. The SMILES string of the molecule is O=C(NCCC#Cc1cccnc1Cl)OCC1c2ccccc2-c2ccccc21. The summed E-state index contributed by atoms with van der Waals surface area (Å²) in [5, 5.41) is 3.12. The summed E-state index contributed by atoms with van der Waals surface area (Å²) in [4.78, 5) is 16.1. The number of hydrogen-bond acceptors (Lipinski definition) is 3. The van der Waals surface area contributed by atoms with Crippen LogP contribution >= 0.6 is 11.6 Å². The third kappa shape index (κ3) is 4.26. The molecule has 1 aliphatic rings. The molecular formula is C24H19ClN2O2. The van der Waals surface area contributed by atoms with Crippen molar-refractivity contribution in [2.45, 2.75) is 12.3 Å². The number of halogens is 1. The molecule has 29 heavy (non-hydrogen) atoms. The van der Waals surface area contributed by atoms with Crippen LogP contribution in [0.3, 0.4) is 0 Å². The Kier molecular flexibility index (Phi) is 5.79. The van der Waals surface area contributed by atoms with E-state index >= 15 is 0 Å². The first-order valence-electron chi connectivity index (χ1n) is 9.42. The topological polar surface area (TPSA) is 51.2 Å². The van der Waals surface area contributed by atoms with Gasteiger partial charge in [-0.2, -0.15) is 0 Å². The van der Waals surface area contributed by atoms with Crippen molar-refractivity contribution in [3.8, 4) is 23.0 Å². The Morgan fingerprint density at radius 1 is 1.03 bits per heavy atom. The van der Waals surface area contributed by atoms with Crippen molar-refractivity contribution >= 4 is 17.7 Å². The van der Waals surface area contributed by atoms with Gasteiger partial charge in [-0.1, -0.05) is 72.0 Å². The zero-order valence-electron chi connectivity index (χ0n) is 15.7. The van der Waals surface area contributed by atoms with Gasteiger partial charge in [0.05, 0.1) is 5.56 Å². The third-order valence-electron chi connectivity index (χ3n) is 4.85. The summed E-state index contributed by atoms with van der Waals surface area (Å²) in [5.41, 5.74) is 5.49. The molecule has 1 amide bonds. The lowest BCUT2D eigenvalue weighted by Crippen LogP contribution is -2.26. The zero-order valence-corrected chi connectivity index (χ0v) is 16.4. The van der Waals surface area contributed by atoms with Crippen LogP contribution in [-0.2, 0) is 4.74 Å². The van der Waals surface area contributed by atoms with Crippen LogP contribution in [0.2, 0.25) is 5.15 Å². The molecule has 0 spiro atoms. The van der Waals surface area contributed by atoms with Crippen molar-refractivity contribution in [1.82, 2.24) is 10.3 Å². The molecular weight excluding hydrogens is 384 g/mol. The first kappa shape index (κ1) is 19.0. The molecule has 0 radical (unpaired) electrons. The molecule has 0 bridgehead atoms. The van der Waals surface area contributed by atoms with Crippen LogP contribution < -0.4 is 5.32 Å². The molecule has 0 aliphatic heterocycles. The van der Waals surface area contributed by atoms with Crippen LogP contribution in [0.25, 0.3) is 11.1 Å². The van der Waals surface area contributed by atoms with Crippen molar-refractivity contribution in [2.24, 2.45) is 0 Å². The molecule has 4 rings (SSSR count). The van der Waals surface area contributed by atoms with E-state index in [9.17, 15) is 4.79 Å². The molecule has 3 aromatic rings. The molecule has 2 aromatic carbocycles. The number of nitrogens with one attached hydrogen (secondary N) is 1. The minimum absolute atomic E-state index is 0.0562. The molecule has 1 aromatic heterocycles. The number of pyridine rings is 1. The number of carbonyl (C=O) groups excluding carboxylic acids is 1. The van der Waals surface area contributed by atoms with Gasteiger partial charge < -0.3 is 10.1 Å². The van der Waals surface area contributed by atoms with Gasteiger partial charge in [-0.25, -0.2) is 9.78 Å². The lowest BCUT2D eigenvalue weighted by molar-refractivity contribution is 0.143. The highest BCUT2D eigenvalue weighted by Crippen LogP contribution is 2.44. The average molecular weight is 403 g/mol. The molecule has 4 nitrogen and oxygen atoms in total. The predicted molar refractivity (Wildman–Crippen MR) is 114 cm³/mol. The minimum atomic E-state index is -0.437. The summed E-state index contributed by atoms with van der Waals surface area (Å²) in [5.74, 6) is 5.98. The van der Waals surface area contributed by atoms with Crippen molar-refractivity contribution < 1.29 is 9.53 Å². The molecule has 0 saturated carbocycles. The van der Waals surface area contributed by atoms with Crippen molar-refractivity contribution in [3.05, 3.63) is 88.7 Å². The normalized spacial score (nSPS) is 11.8. The van der Waals surface area contributed by atoms with Crippen LogP contribution in [-0.4, -0.2) is 24.2 Å². The van der Waals surface area contributed by atoms with E-state index in [1.165, 1.54) is 22.3 Å². The van der Waals surface area contributed by atoms with Crippen molar-refractivity contribution in [2.75, 3.05) is 13.2 Å². The Hall–Kier alpha value is -3.29. The number of ether oxygens (including phenoxy) is 1. The van der Waals surface area contributed by atoms with Crippen LogP contribution in [0.5, 0.6) is 0 Å². The number of hydrogen-bond donors (Lipinski definition) is 1. The maximum Gasteiger partial charge on any atom is 0.407 e. The van der Waals surface area contributed by atoms with E-state index in [1.54, 1.807) is 18.3 Å². The number of amides is 1. The lowest BCUT2D eigenvalue weighted by atomic mass is 9.98. The number of benzene rings is 2. The molecule has 1 aliphatic carbocycles. The second kappa shape index (κ2) is 8.81. The Bertz CT molecular complexity index is 1060. The number of aromatic nitrogens is 1. The summed E-state index contributed by atoms with van der Waals surface area (Å²) in [6, 6.07) is 20.1. The third-order valence-corrected chi connectivity index (χ3v) is 5.15. The Balaban J connectivity index is 1.30. The van der Waals surface area contributed by atoms with Gasteiger partial charge in [0.2, 0.25) is 0 Å². The highest BCUT2D eigenvalue weighted by Gasteiger charge is 2.28. The van der Waals surface area contributed by atoms with Crippen LogP contribution in [0.4, 0.5) is 4.79 Å². The Morgan fingerprint density at radius 2 is 1.72 bits per heavy atom. The van der Waals surface area contributed by atoms with Gasteiger partial charge in [0.1, 0.15) is 11.8 Å². The quantitative estimate of drug-likeness (QED) is 0.379. The van der Waals surface area contributed by atoms with Crippen LogP contribution in [0, 0.1) is 11.8 Å². The number of fused-ring (bicyclic) bond motifs is 3. The average Bonchev–Trinajstić information content (AvgIpc) is 3.07. The van der Waals surface area contributed by atoms with Gasteiger partial charge in [-0.05, 0) is 34.4 Å². The summed E-state index contributed by atoms with van der Waals surface area (Å²) < 4.78 is 5.49. The first-order chi connectivity index (χ1) is 14.2. The zero-order chi connectivity index (χ0) is 20.1. The van der Waals surface area contributed by atoms with Gasteiger partial charge in [-0.3, -0.25) is 0 Å². The molecule has 1 N–H and O–H groups in total. The summed E-state index contributed by atoms with van der Waals surface area (Å²) >= 11 is 5.96. The van der Waals surface area contributed by atoms with E-state index in [0.29, 0.717) is 30.3 Å². The molecule has 0 unspecified atom stereocenters. The molecule has 0 fully saturated rings. The van der Waals surface area contributed by atoms with Crippen molar-refractivity contribution in [3.63, 3.8) is 0 Å². The van der Waals surface area contributed by atoms with Gasteiger partial charge >= 0.3 is 6.09 Å². The van der Waals surface area contributed by atoms with E-state index in [2.05, 4.69) is 46.4 Å². The van der Waals surface area contributed by atoms with E-state index in [4.69, 9.17) is 16.3 Å². The number of alkyl carbamates (subject to hydrolysis) is 1. The van der Waals surface area contributed by atoms with Crippen LogP contribution in [0.1, 0.15) is 29.0 Å². The van der Waals surface area contributed by atoms with Crippen molar-refractivity contribution in [1.29, 1.82) is 0 Å². The fraction of sp³-hybridized carbons (Fsp3) is 0.167. The molecule has 144 valence electrons. The van der Waals surface area contributed by atoms with Gasteiger partial charge in [0.25, 0.3) is 0 Å². The lowest BCUT2D eigenvalue weighted by Gasteiger charge is -2.14. The first-order valence-corrected chi connectivity index (χ1v) is 9.80.